The van der Waals surface area contributed by atoms with Gasteiger partial charge in [0.15, 0.2) is 5.78 Å². The Balaban J connectivity index is 1.63. The molecular weight excluding hydrogens is 412 g/mol. The summed E-state index contributed by atoms with van der Waals surface area (Å²) in [5.41, 5.74) is 0.668. The zero-order valence-corrected chi connectivity index (χ0v) is 16.2. The molecule has 0 saturated carbocycles. The molecule has 2 aliphatic heterocycles. The molecule has 0 amide bonds. The van der Waals surface area contributed by atoms with E-state index in [0.717, 1.165) is 6.07 Å². The molecule has 10 heteroatoms. The maximum Gasteiger partial charge on any atom is 0.229 e. The first-order chi connectivity index (χ1) is 14.8. The van der Waals surface area contributed by atoms with Crippen LogP contribution in [0.3, 0.4) is 0 Å². The molecular formula is C21H22O10. The van der Waals surface area contributed by atoms with Crippen LogP contribution >= 0.6 is 0 Å². The second kappa shape index (κ2) is 8.33. The number of aliphatic hydroxyl groups is 4. The van der Waals surface area contributed by atoms with Crippen molar-refractivity contribution >= 4 is 5.78 Å². The quantitative estimate of drug-likeness (QED) is 0.385. The Morgan fingerprint density at radius 3 is 2.35 bits per heavy atom. The number of rotatable bonds is 4. The average molecular weight is 434 g/mol. The normalized spacial score (nSPS) is 30.4. The minimum atomic E-state index is -1.68. The molecule has 31 heavy (non-hydrogen) atoms. The molecule has 0 unspecified atom stereocenters. The van der Waals surface area contributed by atoms with E-state index in [-0.39, 0.29) is 40.8 Å². The standard InChI is InChI=1S/C21H22O10/c22-8-16-18(26)19(27)20(28)21(31-16)30-15-6-11(24)5-14-17(15)12(25)7-13(29-14)9-1-3-10(23)4-2-9/h1-6,13,16,18-24,26-28H,7-8H2/t13-,16+,18-,19-,20-,21+/m1/s1. The van der Waals surface area contributed by atoms with Crippen LogP contribution in [0.15, 0.2) is 36.4 Å². The molecule has 0 bridgehead atoms. The Bertz CT molecular complexity index is 957. The predicted octanol–water partition coefficient (Wildman–Crippen LogP) is -0.0170. The van der Waals surface area contributed by atoms with Gasteiger partial charge >= 0.3 is 0 Å². The van der Waals surface area contributed by atoms with Crippen LogP contribution < -0.4 is 9.47 Å². The van der Waals surface area contributed by atoms with Crippen molar-refractivity contribution in [2.24, 2.45) is 0 Å². The average Bonchev–Trinajstić information content (AvgIpc) is 2.74. The smallest absolute Gasteiger partial charge is 0.229 e. The molecule has 2 aromatic carbocycles. The molecule has 6 atom stereocenters. The Morgan fingerprint density at radius 1 is 0.968 bits per heavy atom. The highest BCUT2D eigenvalue weighted by Gasteiger charge is 2.45. The molecule has 0 aromatic heterocycles. The molecule has 1 saturated heterocycles. The van der Waals surface area contributed by atoms with Crippen molar-refractivity contribution in [3.63, 3.8) is 0 Å². The van der Waals surface area contributed by atoms with Crippen LogP contribution in [0.5, 0.6) is 23.0 Å². The fourth-order valence-corrected chi connectivity index (χ4v) is 3.67. The van der Waals surface area contributed by atoms with E-state index >= 15 is 0 Å². The van der Waals surface area contributed by atoms with E-state index in [1.165, 1.54) is 18.2 Å². The number of carbonyl (C=O) groups excluding carboxylic acids is 1. The number of ether oxygens (including phenoxy) is 3. The molecule has 166 valence electrons. The SMILES string of the molecule is O=C1C[C@H](c2ccc(O)cc2)Oc2cc(O)cc(O[C@H]3O[C@@H](CO)[C@@H](O)[C@@H](O)[C@H]3O)c21. The Hall–Kier alpha value is -2.89. The Morgan fingerprint density at radius 2 is 1.68 bits per heavy atom. The molecule has 0 aliphatic carbocycles. The minimum absolute atomic E-state index is 0.0183. The molecule has 1 fully saturated rings. The highest BCUT2D eigenvalue weighted by Crippen LogP contribution is 2.43. The van der Waals surface area contributed by atoms with Gasteiger partial charge in [-0.1, -0.05) is 12.1 Å². The third kappa shape index (κ3) is 4.03. The number of Topliss-reactive ketones (excluding diaryl/α,β-unsaturated/α-hetero) is 1. The summed E-state index contributed by atoms with van der Waals surface area (Å²) in [5.74, 6) is -0.669. The number of ketones is 1. The van der Waals surface area contributed by atoms with E-state index in [1.807, 2.05) is 0 Å². The largest absolute Gasteiger partial charge is 0.508 e. The molecule has 2 heterocycles. The van der Waals surface area contributed by atoms with Gasteiger partial charge in [-0.3, -0.25) is 4.79 Å². The van der Waals surface area contributed by atoms with E-state index in [4.69, 9.17) is 14.2 Å². The predicted molar refractivity (Wildman–Crippen MR) is 103 cm³/mol. The second-order valence-electron chi connectivity index (χ2n) is 7.46. The van der Waals surface area contributed by atoms with Crippen LogP contribution in [0, 0.1) is 0 Å². The van der Waals surface area contributed by atoms with Crippen molar-refractivity contribution in [3.8, 4) is 23.0 Å². The monoisotopic (exact) mass is 434 g/mol. The first-order valence-corrected chi connectivity index (χ1v) is 9.61. The van der Waals surface area contributed by atoms with Crippen LogP contribution in [0.25, 0.3) is 0 Å². The van der Waals surface area contributed by atoms with Gasteiger partial charge in [-0.2, -0.15) is 0 Å². The van der Waals surface area contributed by atoms with Crippen LogP contribution in [0.2, 0.25) is 0 Å². The molecule has 0 spiro atoms. The number of benzene rings is 2. The van der Waals surface area contributed by atoms with Crippen molar-refractivity contribution in [2.75, 3.05) is 6.61 Å². The van der Waals surface area contributed by atoms with Crippen LogP contribution in [-0.4, -0.2) is 73.7 Å². The summed E-state index contributed by atoms with van der Waals surface area (Å²) in [5, 5.41) is 58.9. The Kier molecular flexibility index (Phi) is 5.73. The van der Waals surface area contributed by atoms with Crippen molar-refractivity contribution in [1.82, 2.24) is 0 Å². The number of carbonyl (C=O) groups is 1. The van der Waals surface area contributed by atoms with Gasteiger partial charge in [0.25, 0.3) is 0 Å². The zero-order chi connectivity index (χ0) is 22.3. The first-order valence-electron chi connectivity index (χ1n) is 9.61. The number of aliphatic hydroxyl groups excluding tert-OH is 4. The van der Waals surface area contributed by atoms with Gasteiger partial charge in [-0.15, -0.1) is 0 Å². The zero-order valence-electron chi connectivity index (χ0n) is 16.2. The number of aromatic hydroxyl groups is 2. The Labute approximate surface area is 176 Å². The summed E-state index contributed by atoms with van der Waals surface area (Å²) in [6.07, 6.45) is -8.31. The molecule has 10 nitrogen and oxygen atoms in total. The lowest BCUT2D eigenvalue weighted by Gasteiger charge is -2.40. The van der Waals surface area contributed by atoms with E-state index in [9.17, 15) is 35.4 Å². The van der Waals surface area contributed by atoms with Crippen molar-refractivity contribution in [2.45, 2.75) is 43.2 Å². The van der Waals surface area contributed by atoms with E-state index < -0.39 is 43.4 Å². The van der Waals surface area contributed by atoms with Gasteiger partial charge in [0.05, 0.1) is 13.0 Å². The topological polar surface area (TPSA) is 166 Å². The van der Waals surface area contributed by atoms with Gasteiger partial charge in [-0.25, -0.2) is 0 Å². The van der Waals surface area contributed by atoms with Gasteiger partial charge < -0.3 is 44.8 Å². The van der Waals surface area contributed by atoms with E-state index in [1.54, 1.807) is 12.1 Å². The number of phenolic OH excluding ortho intramolecular Hbond substituents is 2. The summed E-state index contributed by atoms with van der Waals surface area (Å²) in [6.45, 7) is -0.640. The van der Waals surface area contributed by atoms with Crippen LogP contribution in [-0.2, 0) is 4.74 Å². The number of fused-ring (bicyclic) bond motifs is 1. The fraction of sp³-hybridized carbons (Fsp3) is 0.381. The molecule has 2 aliphatic rings. The van der Waals surface area contributed by atoms with Gasteiger partial charge in [0.1, 0.15) is 59.1 Å². The van der Waals surface area contributed by atoms with Crippen molar-refractivity contribution in [1.29, 1.82) is 0 Å². The number of hydrogen-bond donors (Lipinski definition) is 6. The first kappa shape index (κ1) is 21.3. The van der Waals surface area contributed by atoms with E-state index in [0.29, 0.717) is 5.56 Å². The third-order valence-electron chi connectivity index (χ3n) is 5.33. The van der Waals surface area contributed by atoms with Crippen LogP contribution in [0.1, 0.15) is 28.4 Å². The number of hydrogen-bond acceptors (Lipinski definition) is 10. The number of phenols is 2. The molecule has 6 N–H and O–H groups in total. The molecule has 4 rings (SSSR count). The third-order valence-corrected chi connectivity index (χ3v) is 5.33. The van der Waals surface area contributed by atoms with Crippen LogP contribution in [0.4, 0.5) is 0 Å². The summed E-state index contributed by atoms with van der Waals surface area (Å²) in [6, 6.07) is 8.56. The fourth-order valence-electron chi connectivity index (χ4n) is 3.67. The highest BCUT2D eigenvalue weighted by atomic mass is 16.7. The summed E-state index contributed by atoms with van der Waals surface area (Å²) in [7, 11) is 0. The van der Waals surface area contributed by atoms with Crippen molar-refractivity contribution < 1.29 is 49.6 Å². The van der Waals surface area contributed by atoms with Gasteiger partial charge in [-0.05, 0) is 17.7 Å². The minimum Gasteiger partial charge on any atom is -0.508 e. The lowest BCUT2D eigenvalue weighted by molar-refractivity contribution is -0.277. The summed E-state index contributed by atoms with van der Waals surface area (Å²) < 4.78 is 16.8. The molecule has 0 radical (unpaired) electrons. The van der Waals surface area contributed by atoms with Crippen molar-refractivity contribution in [3.05, 3.63) is 47.5 Å². The molecule has 2 aromatic rings. The lowest BCUT2D eigenvalue weighted by atomic mass is 9.95. The van der Waals surface area contributed by atoms with E-state index in [2.05, 4.69) is 0 Å². The second-order valence-corrected chi connectivity index (χ2v) is 7.46. The lowest BCUT2D eigenvalue weighted by Crippen LogP contribution is -2.60. The highest BCUT2D eigenvalue weighted by molar-refractivity contribution is 6.02. The summed E-state index contributed by atoms with van der Waals surface area (Å²) in [4.78, 5) is 12.9. The van der Waals surface area contributed by atoms with Gasteiger partial charge in [0, 0.05) is 12.1 Å². The summed E-state index contributed by atoms with van der Waals surface area (Å²) >= 11 is 0. The van der Waals surface area contributed by atoms with Gasteiger partial charge in [0.2, 0.25) is 6.29 Å². The maximum absolute atomic E-state index is 12.9. The maximum atomic E-state index is 12.9.